The van der Waals surface area contributed by atoms with Crippen LogP contribution >= 0.6 is 0 Å². The Labute approximate surface area is 220 Å². The second kappa shape index (κ2) is 10.7. The van der Waals surface area contributed by atoms with Crippen molar-refractivity contribution in [2.75, 3.05) is 6.61 Å². The number of rotatable bonds is 9. The Morgan fingerprint density at radius 1 is 1.11 bits per heavy atom. The number of tetrazole rings is 1. The van der Waals surface area contributed by atoms with Crippen molar-refractivity contribution in [3.05, 3.63) is 112 Å². The topological polar surface area (TPSA) is 102 Å². The highest BCUT2D eigenvalue weighted by Crippen LogP contribution is 2.31. The van der Waals surface area contributed by atoms with Gasteiger partial charge in [0.1, 0.15) is 11.8 Å². The lowest BCUT2D eigenvalue weighted by atomic mass is 10.0. The molecule has 0 unspecified atom stereocenters. The Morgan fingerprint density at radius 2 is 2.00 bits per heavy atom. The molecule has 1 aliphatic heterocycles. The molecule has 3 aromatic heterocycles. The maximum Gasteiger partial charge on any atom is 0.253 e. The normalized spacial score (nSPS) is 16.4. The summed E-state index contributed by atoms with van der Waals surface area (Å²) < 4.78 is 13.4. The summed E-state index contributed by atoms with van der Waals surface area (Å²) >= 11 is 0. The van der Waals surface area contributed by atoms with E-state index in [-0.39, 0.29) is 11.7 Å². The largest absolute Gasteiger partial charge is 0.468 e. The quantitative estimate of drug-likeness (QED) is 0.314. The van der Waals surface area contributed by atoms with Gasteiger partial charge in [0, 0.05) is 18.7 Å². The molecule has 0 radical (unpaired) electrons. The molecule has 1 aliphatic rings. The van der Waals surface area contributed by atoms with Crippen LogP contribution in [0.1, 0.15) is 47.2 Å². The van der Waals surface area contributed by atoms with Crippen molar-refractivity contribution in [2.45, 2.75) is 51.5 Å². The summed E-state index contributed by atoms with van der Waals surface area (Å²) in [4.78, 5) is 19.1. The van der Waals surface area contributed by atoms with Gasteiger partial charge in [0.15, 0.2) is 5.82 Å². The number of aromatic amines is 1. The molecule has 1 N–H and O–H groups in total. The first-order valence-corrected chi connectivity index (χ1v) is 13.0. The summed E-state index contributed by atoms with van der Waals surface area (Å²) in [5.41, 5.74) is 3.37. The number of para-hydroxylation sites is 1. The number of hydrogen-bond donors (Lipinski definition) is 1. The van der Waals surface area contributed by atoms with Gasteiger partial charge in [-0.2, -0.15) is 0 Å². The van der Waals surface area contributed by atoms with E-state index in [0.717, 1.165) is 47.2 Å². The second-order valence-corrected chi connectivity index (χ2v) is 9.82. The van der Waals surface area contributed by atoms with Crippen LogP contribution in [0.15, 0.2) is 82.2 Å². The van der Waals surface area contributed by atoms with E-state index in [0.29, 0.717) is 31.0 Å². The maximum atomic E-state index is 13.7. The lowest BCUT2D eigenvalue weighted by molar-refractivity contribution is 0.0901. The molecule has 0 bridgehead atoms. The third kappa shape index (κ3) is 5.03. The molecule has 9 heteroatoms. The van der Waals surface area contributed by atoms with Crippen molar-refractivity contribution < 1.29 is 9.15 Å². The summed E-state index contributed by atoms with van der Waals surface area (Å²) in [6, 6.07) is 21.4. The minimum atomic E-state index is -0.537. The summed E-state index contributed by atoms with van der Waals surface area (Å²) in [5.74, 6) is 1.39. The number of benzene rings is 2. The van der Waals surface area contributed by atoms with E-state index in [2.05, 4.69) is 37.5 Å². The molecule has 6 rings (SSSR count). The van der Waals surface area contributed by atoms with Gasteiger partial charge in [-0.25, -0.2) is 4.68 Å². The number of fused-ring (bicyclic) bond motifs is 1. The van der Waals surface area contributed by atoms with E-state index in [1.165, 1.54) is 0 Å². The molecular formula is C29H30N6O3. The molecule has 0 saturated carbocycles. The predicted octanol–water partition coefficient (Wildman–Crippen LogP) is 4.39. The van der Waals surface area contributed by atoms with Crippen molar-refractivity contribution in [1.29, 1.82) is 0 Å². The van der Waals surface area contributed by atoms with Gasteiger partial charge in [-0.1, -0.05) is 48.5 Å². The van der Waals surface area contributed by atoms with Crippen LogP contribution in [-0.4, -0.2) is 42.8 Å². The standard InChI is InChI=1S/C29H30N6O3/c1-20-8-5-11-22-16-25(29(36)30-26(20)22)27(28-31-32-33-35(28)19-24-13-7-15-38-24)34(18-23-12-6-14-37-23)17-21-9-3-2-4-10-21/h2-6,8-12,14,16,24,27H,7,13,15,17-19H2,1H3,(H,30,36)/t24-,27-/m0/s1. The van der Waals surface area contributed by atoms with Crippen LogP contribution in [0.3, 0.4) is 0 Å². The third-order valence-corrected chi connectivity index (χ3v) is 7.15. The van der Waals surface area contributed by atoms with Crippen molar-refractivity contribution in [1.82, 2.24) is 30.1 Å². The van der Waals surface area contributed by atoms with Crippen molar-refractivity contribution in [3.8, 4) is 0 Å². The summed E-state index contributed by atoms with van der Waals surface area (Å²) in [6.07, 6.45) is 3.69. The van der Waals surface area contributed by atoms with Crippen LogP contribution in [-0.2, 0) is 24.4 Å². The molecule has 2 aromatic carbocycles. The smallest absolute Gasteiger partial charge is 0.253 e. The van der Waals surface area contributed by atoms with Crippen LogP contribution < -0.4 is 5.56 Å². The van der Waals surface area contributed by atoms with Gasteiger partial charge in [0.25, 0.3) is 5.56 Å². The highest BCUT2D eigenvalue weighted by molar-refractivity contribution is 5.82. The monoisotopic (exact) mass is 510 g/mol. The van der Waals surface area contributed by atoms with Gasteiger partial charge in [0.2, 0.25) is 0 Å². The van der Waals surface area contributed by atoms with Crippen LogP contribution in [0.25, 0.3) is 10.9 Å². The van der Waals surface area contributed by atoms with E-state index >= 15 is 0 Å². The van der Waals surface area contributed by atoms with Crippen LogP contribution in [0.4, 0.5) is 0 Å². The lowest BCUT2D eigenvalue weighted by Gasteiger charge is -2.30. The number of furan rings is 1. The third-order valence-electron chi connectivity index (χ3n) is 7.15. The zero-order chi connectivity index (χ0) is 25.9. The Hall–Kier alpha value is -4.08. The number of hydrogen-bond acceptors (Lipinski definition) is 7. The van der Waals surface area contributed by atoms with Crippen LogP contribution in [0.2, 0.25) is 0 Å². The van der Waals surface area contributed by atoms with E-state index in [4.69, 9.17) is 9.15 Å². The molecule has 1 saturated heterocycles. The number of aryl methyl sites for hydroxylation is 1. The minimum Gasteiger partial charge on any atom is -0.468 e. The summed E-state index contributed by atoms with van der Waals surface area (Å²) in [5, 5.41) is 13.8. The number of H-pyrrole nitrogens is 1. The molecule has 38 heavy (non-hydrogen) atoms. The molecule has 1 fully saturated rings. The molecule has 5 aromatic rings. The van der Waals surface area contributed by atoms with Gasteiger partial charge in [-0.05, 0) is 64.9 Å². The van der Waals surface area contributed by atoms with Gasteiger partial charge in [0.05, 0.1) is 31.0 Å². The lowest BCUT2D eigenvalue weighted by Crippen LogP contribution is -2.35. The average Bonchev–Trinajstić information content (AvgIpc) is 3.71. The van der Waals surface area contributed by atoms with E-state index in [9.17, 15) is 4.79 Å². The fourth-order valence-corrected chi connectivity index (χ4v) is 5.28. The Kier molecular flexibility index (Phi) is 6.85. The number of aromatic nitrogens is 5. The van der Waals surface area contributed by atoms with E-state index in [1.54, 1.807) is 10.9 Å². The Morgan fingerprint density at radius 3 is 2.79 bits per heavy atom. The summed E-state index contributed by atoms with van der Waals surface area (Å²) in [7, 11) is 0. The van der Waals surface area contributed by atoms with E-state index < -0.39 is 6.04 Å². The molecule has 194 valence electrons. The number of ether oxygens (including phenoxy) is 1. The van der Waals surface area contributed by atoms with Crippen LogP contribution in [0.5, 0.6) is 0 Å². The summed E-state index contributed by atoms with van der Waals surface area (Å²) in [6.45, 7) is 4.29. The first-order valence-electron chi connectivity index (χ1n) is 13.0. The number of nitrogens with zero attached hydrogens (tertiary/aromatic N) is 5. The predicted molar refractivity (Wildman–Crippen MR) is 142 cm³/mol. The Balaban J connectivity index is 1.50. The Bertz CT molecular complexity index is 1550. The number of pyridine rings is 1. The van der Waals surface area contributed by atoms with E-state index in [1.807, 2.05) is 61.5 Å². The molecule has 0 amide bonds. The van der Waals surface area contributed by atoms with Crippen molar-refractivity contribution in [3.63, 3.8) is 0 Å². The minimum absolute atomic E-state index is 0.0445. The first-order chi connectivity index (χ1) is 18.7. The van der Waals surface area contributed by atoms with Gasteiger partial charge >= 0.3 is 0 Å². The molecular weight excluding hydrogens is 480 g/mol. The van der Waals surface area contributed by atoms with Gasteiger partial charge in [-0.15, -0.1) is 5.10 Å². The maximum absolute atomic E-state index is 13.7. The fourth-order valence-electron chi connectivity index (χ4n) is 5.28. The SMILES string of the molecule is Cc1cccc2cc([C@@H](c3nnnn3C[C@@H]3CCCO3)N(Cc3ccccc3)Cc3ccco3)c(=O)[nH]c12. The number of nitrogens with one attached hydrogen (secondary N) is 1. The van der Waals surface area contributed by atoms with Crippen LogP contribution in [0, 0.1) is 6.92 Å². The molecule has 0 aliphatic carbocycles. The second-order valence-electron chi connectivity index (χ2n) is 9.82. The highest BCUT2D eigenvalue weighted by Gasteiger charge is 2.32. The fraction of sp³-hybridized carbons (Fsp3) is 0.310. The van der Waals surface area contributed by atoms with Crippen molar-refractivity contribution in [2.24, 2.45) is 0 Å². The van der Waals surface area contributed by atoms with Gasteiger partial charge < -0.3 is 14.1 Å². The molecule has 4 heterocycles. The first kappa shape index (κ1) is 24.3. The highest BCUT2D eigenvalue weighted by atomic mass is 16.5. The zero-order valence-corrected chi connectivity index (χ0v) is 21.3. The average molecular weight is 511 g/mol. The molecule has 2 atom stereocenters. The van der Waals surface area contributed by atoms with Crippen molar-refractivity contribution >= 4 is 10.9 Å². The molecule has 0 spiro atoms. The van der Waals surface area contributed by atoms with Gasteiger partial charge in [-0.3, -0.25) is 9.69 Å². The zero-order valence-electron chi connectivity index (χ0n) is 21.3. The molecule has 9 nitrogen and oxygen atoms in total.